The minimum Gasteiger partial charge on any atom is -0.319 e. The van der Waals surface area contributed by atoms with Crippen molar-refractivity contribution in [3.8, 4) is 0 Å². The number of nitrogens with one attached hydrogen (secondary N) is 1. The first-order valence-electron chi connectivity index (χ1n) is 4.97. The lowest BCUT2D eigenvalue weighted by molar-refractivity contribution is 0.507. The number of benzene rings is 1. The fraction of sp³-hybridized carbons (Fsp3) is 0.333. The molecule has 0 fully saturated rings. The van der Waals surface area contributed by atoms with Crippen LogP contribution in [0.15, 0.2) is 30.4 Å². The molecule has 0 radical (unpaired) electrons. The lowest BCUT2D eigenvalue weighted by Crippen LogP contribution is -2.05. The molecule has 0 aromatic heterocycles. The summed E-state index contributed by atoms with van der Waals surface area (Å²) in [6, 6.07) is 3.99. The van der Waals surface area contributed by atoms with E-state index in [1.54, 1.807) is 6.07 Å². The Balaban J connectivity index is 2.44. The molecule has 0 bridgehead atoms. The summed E-state index contributed by atoms with van der Waals surface area (Å²) in [6.07, 6.45) is 5.57. The predicted molar refractivity (Wildman–Crippen MR) is 57.7 cm³/mol. The second kappa shape index (κ2) is 6.30. The maximum atomic E-state index is 12.8. The standard InChI is InChI=1S/C12H15F2N/c1-15-8-4-2-3-5-10-6-7-11(13)12(14)9-10/h2-3,6-7,9,15H,4-5,8H2,1H3/b3-2+. The zero-order chi connectivity index (χ0) is 11.1. The Bertz CT molecular complexity index is 334. The van der Waals surface area contributed by atoms with E-state index in [4.69, 9.17) is 0 Å². The highest BCUT2D eigenvalue weighted by molar-refractivity contribution is 5.20. The smallest absolute Gasteiger partial charge is 0.159 e. The molecule has 82 valence electrons. The Hall–Kier alpha value is -1.22. The fourth-order valence-corrected chi connectivity index (χ4v) is 1.23. The highest BCUT2D eigenvalue weighted by Gasteiger charge is 2.00. The highest BCUT2D eigenvalue weighted by Crippen LogP contribution is 2.09. The maximum absolute atomic E-state index is 12.8. The third-order valence-electron chi connectivity index (χ3n) is 2.07. The van der Waals surface area contributed by atoms with Gasteiger partial charge in [-0.3, -0.25) is 0 Å². The van der Waals surface area contributed by atoms with Crippen molar-refractivity contribution in [3.63, 3.8) is 0 Å². The van der Waals surface area contributed by atoms with E-state index < -0.39 is 11.6 Å². The zero-order valence-electron chi connectivity index (χ0n) is 8.76. The molecule has 0 spiro atoms. The Morgan fingerprint density at radius 1 is 1.20 bits per heavy atom. The Morgan fingerprint density at radius 3 is 2.67 bits per heavy atom. The van der Waals surface area contributed by atoms with E-state index in [1.165, 1.54) is 6.07 Å². The molecular formula is C12H15F2N. The molecule has 0 saturated carbocycles. The summed E-state index contributed by atoms with van der Waals surface area (Å²) in [5.41, 5.74) is 0.787. The van der Waals surface area contributed by atoms with E-state index in [0.29, 0.717) is 6.42 Å². The summed E-state index contributed by atoms with van der Waals surface area (Å²) in [6.45, 7) is 0.925. The summed E-state index contributed by atoms with van der Waals surface area (Å²) in [5.74, 6) is -1.57. The van der Waals surface area contributed by atoms with Crippen molar-refractivity contribution in [2.24, 2.45) is 0 Å². The molecular weight excluding hydrogens is 196 g/mol. The van der Waals surface area contributed by atoms with E-state index in [1.807, 2.05) is 19.2 Å². The van der Waals surface area contributed by atoms with Crippen molar-refractivity contribution in [1.29, 1.82) is 0 Å². The lowest BCUT2D eigenvalue weighted by atomic mass is 10.1. The summed E-state index contributed by atoms with van der Waals surface area (Å²) < 4.78 is 25.4. The second-order valence-corrected chi connectivity index (χ2v) is 3.32. The van der Waals surface area contributed by atoms with Gasteiger partial charge in [0.1, 0.15) is 0 Å². The molecule has 0 aliphatic heterocycles. The minimum absolute atomic E-state index is 0.640. The summed E-state index contributed by atoms with van der Waals surface area (Å²) >= 11 is 0. The van der Waals surface area contributed by atoms with Crippen molar-refractivity contribution < 1.29 is 8.78 Å². The summed E-state index contributed by atoms with van der Waals surface area (Å²) in [7, 11) is 1.89. The van der Waals surface area contributed by atoms with Crippen LogP contribution in [0.5, 0.6) is 0 Å². The Kier molecular flexibility index (Phi) is 4.98. The first-order valence-corrected chi connectivity index (χ1v) is 4.97. The van der Waals surface area contributed by atoms with E-state index in [-0.39, 0.29) is 0 Å². The molecule has 0 amide bonds. The highest BCUT2D eigenvalue weighted by atomic mass is 19.2. The zero-order valence-corrected chi connectivity index (χ0v) is 8.76. The van der Waals surface area contributed by atoms with Crippen molar-refractivity contribution in [1.82, 2.24) is 5.32 Å². The normalized spacial score (nSPS) is 11.1. The van der Waals surface area contributed by atoms with Crippen molar-refractivity contribution in [2.75, 3.05) is 13.6 Å². The summed E-state index contributed by atoms with van der Waals surface area (Å²) in [5, 5.41) is 3.02. The average molecular weight is 211 g/mol. The molecule has 1 aromatic carbocycles. The van der Waals surface area contributed by atoms with Gasteiger partial charge in [0.15, 0.2) is 11.6 Å². The largest absolute Gasteiger partial charge is 0.319 e. The van der Waals surface area contributed by atoms with Crippen LogP contribution in [0.1, 0.15) is 12.0 Å². The van der Waals surface area contributed by atoms with Crippen LogP contribution in [0.2, 0.25) is 0 Å². The van der Waals surface area contributed by atoms with Crippen LogP contribution in [0.3, 0.4) is 0 Å². The maximum Gasteiger partial charge on any atom is 0.159 e. The first-order chi connectivity index (χ1) is 7.24. The van der Waals surface area contributed by atoms with E-state index in [9.17, 15) is 8.78 Å². The van der Waals surface area contributed by atoms with Gasteiger partial charge in [-0.15, -0.1) is 0 Å². The Morgan fingerprint density at radius 2 is 2.00 bits per heavy atom. The molecule has 1 N–H and O–H groups in total. The van der Waals surface area contributed by atoms with Gasteiger partial charge in [-0.1, -0.05) is 18.2 Å². The number of halogens is 2. The quantitative estimate of drug-likeness (QED) is 0.583. The third-order valence-corrected chi connectivity index (χ3v) is 2.07. The van der Waals surface area contributed by atoms with Crippen LogP contribution in [-0.2, 0) is 6.42 Å². The average Bonchev–Trinajstić information content (AvgIpc) is 2.23. The van der Waals surface area contributed by atoms with Gasteiger partial charge in [-0.25, -0.2) is 8.78 Å². The fourth-order valence-electron chi connectivity index (χ4n) is 1.23. The van der Waals surface area contributed by atoms with E-state index in [2.05, 4.69) is 5.32 Å². The molecule has 0 atom stereocenters. The van der Waals surface area contributed by atoms with Gasteiger partial charge in [-0.2, -0.15) is 0 Å². The SMILES string of the molecule is CNCC/C=C/Cc1ccc(F)c(F)c1. The monoisotopic (exact) mass is 211 g/mol. The molecule has 0 heterocycles. The minimum atomic E-state index is -0.794. The molecule has 1 nitrogen and oxygen atoms in total. The van der Waals surface area contributed by atoms with Crippen molar-refractivity contribution in [2.45, 2.75) is 12.8 Å². The third kappa shape index (κ3) is 4.21. The molecule has 0 aliphatic carbocycles. The van der Waals surface area contributed by atoms with Gasteiger partial charge in [0.05, 0.1) is 0 Å². The number of hydrogen-bond acceptors (Lipinski definition) is 1. The molecule has 0 saturated heterocycles. The van der Waals surface area contributed by atoms with Gasteiger partial charge < -0.3 is 5.32 Å². The number of hydrogen-bond donors (Lipinski definition) is 1. The molecule has 3 heteroatoms. The molecule has 0 unspecified atom stereocenters. The van der Waals surface area contributed by atoms with Gasteiger partial charge in [0.2, 0.25) is 0 Å². The number of rotatable bonds is 5. The van der Waals surface area contributed by atoms with E-state index >= 15 is 0 Å². The summed E-state index contributed by atoms with van der Waals surface area (Å²) in [4.78, 5) is 0. The topological polar surface area (TPSA) is 12.0 Å². The van der Waals surface area contributed by atoms with Crippen molar-refractivity contribution in [3.05, 3.63) is 47.5 Å². The first kappa shape index (κ1) is 11.9. The molecule has 15 heavy (non-hydrogen) atoms. The Labute approximate surface area is 88.8 Å². The van der Waals surface area contributed by atoms with Gasteiger partial charge >= 0.3 is 0 Å². The predicted octanol–water partition coefficient (Wildman–Crippen LogP) is 2.67. The molecule has 1 aromatic rings. The molecule has 0 aliphatic rings. The van der Waals surface area contributed by atoms with E-state index in [0.717, 1.165) is 24.6 Å². The number of allylic oxidation sites excluding steroid dienone is 1. The van der Waals surface area contributed by atoms with Gasteiger partial charge in [0.25, 0.3) is 0 Å². The van der Waals surface area contributed by atoms with Crippen molar-refractivity contribution >= 4 is 0 Å². The van der Waals surface area contributed by atoms with Crippen LogP contribution >= 0.6 is 0 Å². The van der Waals surface area contributed by atoms with Gasteiger partial charge in [0, 0.05) is 0 Å². The van der Waals surface area contributed by atoms with Crippen LogP contribution in [0, 0.1) is 11.6 Å². The van der Waals surface area contributed by atoms with Crippen LogP contribution < -0.4 is 5.32 Å². The van der Waals surface area contributed by atoms with Gasteiger partial charge in [-0.05, 0) is 44.1 Å². The second-order valence-electron chi connectivity index (χ2n) is 3.32. The lowest BCUT2D eigenvalue weighted by Gasteiger charge is -1.97. The molecule has 1 rings (SSSR count). The van der Waals surface area contributed by atoms with Crippen LogP contribution in [-0.4, -0.2) is 13.6 Å². The van der Waals surface area contributed by atoms with Crippen LogP contribution in [0.25, 0.3) is 0 Å². The van der Waals surface area contributed by atoms with Crippen LogP contribution in [0.4, 0.5) is 8.78 Å².